The molecule has 0 spiro atoms. The number of primary amides is 1. The van der Waals surface area contributed by atoms with E-state index in [0.29, 0.717) is 17.7 Å². The van der Waals surface area contributed by atoms with Gasteiger partial charge in [0.1, 0.15) is 0 Å². The van der Waals surface area contributed by atoms with Crippen molar-refractivity contribution in [1.29, 1.82) is 0 Å². The smallest absolute Gasteiger partial charge is 0.251 e. The molecule has 0 radical (unpaired) electrons. The Kier molecular flexibility index (Phi) is 4.67. The minimum atomic E-state index is -0.555. The minimum absolute atomic E-state index is 0.133. The van der Waals surface area contributed by atoms with Gasteiger partial charge in [-0.3, -0.25) is 9.59 Å². The molecule has 2 amide bonds. The molecule has 0 bridgehead atoms. The predicted molar refractivity (Wildman–Crippen MR) is 74.7 cm³/mol. The van der Waals surface area contributed by atoms with E-state index in [2.05, 4.69) is 5.32 Å². The fourth-order valence-corrected chi connectivity index (χ4v) is 1.68. The van der Waals surface area contributed by atoms with Gasteiger partial charge in [-0.15, -0.1) is 0 Å². The Bertz CT molecular complexity index is 478. The first kappa shape index (κ1) is 15.2. The average Bonchev–Trinajstić information content (AvgIpc) is 2.34. The summed E-state index contributed by atoms with van der Waals surface area (Å²) in [6.07, 6.45) is 0. The molecule has 104 valence electrons. The Morgan fingerprint density at radius 2 is 1.84 bits per heavy atom. The van der Waals surface area contributed by atoms with Crippen molar-refractivity contribution < 1.29 is 9.59 Å². The molecule has 5 heteroatoms. The molecule has 1 atom stereocenters. The molecule has 1 rings (SSSR count). The summed E-state index contributed by atoms with van der Waals surface area (Å²) >= 11 is 0. The van der Waals surface area contributed by atoms with Crippen LogP contribution < -0.4 is 16.8 Å². The quantitative estimate of drug-likeness (QED) is 0.752. The van der Waals surface area contributed by atoms with Gasteiger partial charge in [-0.05, 0) is 23.6 Å². The van der Waals surface area contributed by atoms with Crippen molar-refractivity contribution in [2.75, 3.05) is 6.54 Å². The number of rotatable bonds is 4. The molecule has 0 aromatic heterocycles. The largest absolute Gasteiger partial charge is 0.366 e. The van der Waals surface area contributed by atoms with Crippen molar-refractivity contribution >= 4 is 11.8 Å². The van der Waals surface area contributed by atoms with E-state index < -0.39 is 5.91 Å². The van der Waals surface area contributed by atoms with Gasteiger partial charge in [-0.1, -0.05) is 26.8 Å². The highest BCUT2D eigenvalue weighted by Crippen LogP contribution is 2.18. The van der Waals surface area contributed by atoms with Gasteiger partial charge in [0, 0.05) is 23.7 Å². The number of carbonyl (C=O) groups is 2. The Morgan fingerprint density at radius 1 is 1.26 bits per heavy atom. The molecule has 1 aromatic rings. The normalized spacial score (nSPS) is 12.8. The van der Waals surface area contributed by atoms with Gasteiger partial charge in [0.2, 0.25) is 5.91 Å². The van der Waals surface area contributed by atoms with Crippen molar-refractivity contribution in [3.8, 4) is 0 Å². The van der Waals surface area contributed by atoms with Crippen LogP contribution in [0.15, 0.2) is 24.3 Å². The molecule has 0 heterocycles. The second kappa shape index (κ2) is 5.84. The molecule has 0 saturated carbocycles. The molecule has 1 unspecified atom stereocenters. The summed E-state index contributed by atoms with van der Waals surface area (Å²) in [5.41, 5.74) is 11.4. The number of hydrogen-bond donors (Lipinski definition) is 3. The predicted octanol–water partition coefficient (Wildman–Crippen LogP) is 0.889. The molecule has 0 aliphatic carbocycles. The lowest BCUT2D eigenvalue weighted by molar-refractivity contribution is 0.0905. The van der Waals surface area contributed by atoms with Crippen molar-refractivity contribution in [3.05, 3.63) is 35.4 Å². The third-order valence-electron chi connectivity index (χ3n) is 3.00. The Balaban J connectivity index is 2.89. The Morgan fingerprint density at radius 3 is 2.32 bits per heavy atom. The number of benzene rings is 1. The second-order valence-corrected chi connectivity index (χ2v) is 5.57. The van der Waals surface area contributed by atoms with Gasteiger partial charge in [0.05, 0.1) is 0 Å². The van der Waals surface area contributed by atoms with E-state index in [1.807, 2.05) is 20.8 Å². The third kappa shape index (κ3) is 4.06. The van der Waals surface area contributed by atoms with Crippen LogP contribution >= 0.6 is 0 Å². The van der Waals surface area contributed by atoms with Crippen LogP contribution in [0.1, 0.15) is 41.5 Å². The lowest BCUT2D eigenvalue weighted by atomic mass is 9.86. The van der Waals surface area contributed by atoms with Crippen LogP contribution in [0.2, 0.25) is 0 Å². The fourth-order valence-electron chi connectivity index (χ4n) is 1.68. The zero-order valence-corrected chi connectivity index (χ0v) is 11.6. The van der Waals surface area contributed by atoms with Crippen molar-refractivity contribution in [3.63, 3.8) is 0 Å². The molecular formula is C14H21N3O2. The second-order valence-electron chi connectivity index (χ2n) is 5.57. The highest BCUT2D eigenvalue weighted by molar-refractivity contribution is 5.99. The van der Waals surface area contributed by atoms with E-state index in [1.54, 1.807) is 18.2 Å². The Hall–Kier alpha value is -1.88. The van der Waals surface area contributed by atoms with E-state index in [1.165, 1.54) is 6.07 Å². The van der Waals surface area contributed by atoms with Crippen molar-refractivity contribution in [2.24, 2.45) is 16.9 Å². The molecule has 19 heavy (non-hydrogen) atoms. The molecule has 0 aliphatic heterocycles. The molecule has 5 nitrogen and oxygen atoms in total. The number of amides is 2. The molecular weight excluding hydrogens is 242 g/mol. The summed E-state index contributed by atoms with van der Waals surface area (Å²) in [6.45, 7) is 6.37. The van der Waals surface area contributed by atoms with Crippen LogP contribution in [0.25, 0.3) is 0 Å². The first-order valence-electron chi connectivity index (χ1n) is 6.16. The molecule has 5 N–H and O–H groups in total. The zero-order chi connectivity index (χ0) is 14.6. The standard InChI is InChI=1S/C14H21N3O2/c1-14(2,3)11(8-15)17-13(19)10-6-4-5-9(7-10)12(16)18/h4-7,11H,8,15H2,1-3H3,(H2,16,18)(H,17,19). The lowest BCUT2D eigenvalue weighted by Gasteiger charge is -2.30. The molecule has 1 aromatic carbocycles. The number of carbonyl (C=O) groups excluding carboxylic acids is 2. The van der Waals surface area contributed by atoms with Crippen LogP contribution in [0.5, 0.6) is 0 Å². The van der Waals surface area contributed by atoms with Gasteiger partial charge in [-0.25, -0.2) is 0 Å². The molecule has 0 aliphatic rings. The highest BCUT2D eigenvalue weighted by atomic mass is 16.2. The molecule has 0 saturated heterocycles. The first-order chi connectivity index (χ1) is 8.75. The van der Waals surface area contributed by atoms with E-state index >= 15 is 0 Å². The maximum absolute atomic E-state index is 12.1. The summed E-state index contributed by atoms with van der Waals surface area (Å²) in [4.78, 5) is 23.2. The zero-order valence-electron chi connectivity index (χ0n) is 11.6. The van der Waals surface area contributed by atoms with Gasteiger partial charge >= 0.3 is 0 Å². The van der Waals surface area contributed by atoms with E-state index in [0.717, 1.165) is 0 Å². The van der Waals surface area contributed by atoms with Crippen LogP contribution in [0, 0.1) is 5.41 Å². The van der Waals surface area contributed by atoms with E-state index in [-0.39, 0.29) is 17.4 Å². The summed E-state index contributed by atoms with van der Waals surface area (Å²) in [6, 6.07) is 6.18. The lowest BCUT2D eigenvalue weighted by Crippen LogP contribution is -2.48. The SMILES string of the molecule is CC(C)(C)C(CN)NC(=O)c1cccc(C(N)=O)c1. The summed E-state index contributed by atoms with van der Waals surface area (Å²) in [7, 11) is 0. The van der Waals surface area contributed by atoms with Crippen LogP contribution in [0.3, 0.4) is 0 Å². The topological polar surface area (TPSA) is 98.2 Å². The van der Waals surface area contributed by atoms with Crippen LogP contribution in [-0.2, 0) is 0 Å². The van der Waals surface area contributed by atoms with E-state index in [4.69, 9.17) is 11.5 Å². The van der Waals surface area contributed by atoms with Crippen LogP contribution in [-0.4, -0.2) is 24.4 Å². The highest BCUT2D eigenvalue weighted by Gasteiger charge is 2.25. The minimum Gasteiger partial charge on any atom is -0.366 e. The van der Waals surface area contributed by atoms with E-state index in [9.17, 15) is 9.59 Å². The van der Waals surface area contributed by atoms with Gasteiger partial charge in [0.25, 0.3) is 5.91 Å². The number of hydrogen-bond acceptors (Lipinski definition) is 3. The summed E-state index contributed by atoms with van der Waals surface area (Å²) < 4.78 is 0. The van der Waals surface area contributed by atoms with Crippen LogP contribution in [0.4, 0.5) is 0 Å². The monoisotopic (exact) mass is 263 g/mol. The Labute approximate surface area is 113 Å². The number of nitrogens with two attached hydrogens (primary N) is 2. The number of nitrogens with one attached hydrogen (secondary N) is 1. The summed E-state index contributed by atoms with van der Waals surface area (Å²) in [5, 5.41) is 2.87. The van der Waals surface area contributed by atoms with Gasteiger partial charge < -0.3 is 16.8 Å². The third-order valence-corrected chi connectivity index (χ3v) is 3.00. The summed E-state index contributed by atoms with van der Waals surface area (Å²) in [5.74, 6) is -0.811. The van der Waals surface area contributed by atoms with Crippen molar-refractivity contribution in [2.45, 2.75) is 26.8 Å². The maximum atomic E-state index is 12.1. The van der Waals surface area contributed by atoms with Gasteiger partial charge in [-0.2, -0.15) is 0 Å². The average molecular weight is 263 g/mol. The first-order valence-corrected chi connectivity index (χ1v) is 6.16. The van der Waals surface area contributed by atoms with Gasteiger partial charge in [0.15, 0.2) is 0 Å². The van der Waals surface area contributed by atoms with Crippen molar-refractivity contribution in [1.82, 2.24) is 5.32 Å². The fraction of sp³-hybridized carbons (Fsp3) is 0.429. The maximum Gasteiger partial charge on any atom is 0.251 e. The molecule has 0 fully saturated rings.